The van der Waals surface area contributed by atoms with Gasteiger partial charge in [0, 0.05) is 30.0 Å². The van der Waals surface area contributed by atoms with Crippen LogP contribution < -0.4 is 4.74 Å². The Bertz CT molecular complexity index is 647. The molecule has 1 fully saturated rings. The molecule has 1 saturated heterocycles. The van der Waals surface area contributed by atoms with E-state index in [0.29, 0.717) is 6.04 Å². The normalized spacial score (nSPS) is 18.0. The number of likely N-dealkylation sites (tertiary alicyclic amines) is 1. The monoisotopic (exact) mass is 324 g/mol. The molecule has 0 amide bonds. The van der Waals surface area contributed by atoms with Crippen LogP contribution in [0.25, 0.3) is 5.69 Å². The molecule has 1 aliphatic heterocycles. The second-order valence-corrected chi connectivity index (χ2v) is 6.51. The van der Waals surface area contributed by atoms with Crippen LogP contribution in [0.5, 0.6) is 5.75 Å². The molecule has 0 N–H and O–H groups in total. The van der Waals surface area contributed by atoms with Gasteiger partial charge >= 0.3 is 0 Å². The van der Waals surface area contributed by atoms with E-state index < -0.39 is 0 Å². The van der Waals surface area contributed by atoms with Crippen molar-refractivity contribution in [3.8, 4) is 11.4 Å². The molecular formula is C21H28N2O. The highest BCUT2D eigenvalue weighted by Crippen LogP contribution is 2.28. The van der Waals surface area contributed by atoms with Crippen molar-refractivity contribution in [2.75, 3.05) is 13.2 Å². The number of para-hydroxylation sites is 1. The zero-order chi connectivity index (χ0) is 16.8. The van der Waals surface area contributed by atoms with Gasteiger partial charge in [-0.3, -0.25) is 4.90 Å². The highest BCUT2D eigenvalue weighted by Gasteiger charge is 2.23. The molecule has 1 aliphatic rings. The Labute approximate surface area is 145 Å². The molecule has 0 radical (unpaired) electrons. The summed E-state index contributed by atoms with van der Waals surface area (Å²) in [5, 5.41) is 0. The molecule has 3 rings (SSSR count). The summed E-state index contributed by atoms with van der Waals surface area (Å²) in [4.78, 5) is 2.50. The number of nitrogens with zero attached hydrogens (tertiary/aromatic N) is 2. The Morgan fingerprint density at radius 2 is 2.08 bits per heavy atom. The summed E-state index contributed by atoms with van der Waals surface area (Å²) in [7, 11) is 0. The quantitative estimate of drug-likeness (QED) is 0.512. The number of hydrogen-bond donors (Lipinski definition) is 0. The molecule has 1 aromatic carbocycles. The van der Waals surface area contributed by atoms with Gasteiger partial charge < -0.3 is 9.30 Å². The molecule has 1 aromatic heterocycles. The third-order valence-electron chi connectivity index (χ3n) is 4.74. The summed E-state index contributed by atoms with van der Waals surface area (Å²) in [6.45, 7) is 9.04. The van der Waals surface area contributed by atoms with Gasteiger partial charge in [-0.2, -0.15) is 0 Å². The van der Waals surface area contributed by atoms with Crippen LogP contribution in [-0.2, 0) is 6.54 Å². The van der Waals surface area contributed by atoms with Crippen LogP contribution in [0, 0.1) is 0 Å². The molecule has 0 aliphatic carbocycles. The maximum Gasteiger partial charge on any atom is 0.141 e. The minimum Gasteiger partial charge on any atom is -0.492 e. The number of ether oxygens (including phenoxy) is 1. The van der Waals surface area contributed by atoms with Crippen molar-refractivity contribution in [1.82, 2.24) is 9.47 Å². The first kappa shape index (κ1) is 16.8. The Morgan fingerprint density at radius 3 is 2.83 bits per heavy atom. The van der Waals surface area contributed by atoms with Crippen molar-refractivity contribution < 1.29 is 4.74 Å². The molecular weight excluding hydrogens is 296 g/mol. The van der Waals surface area contributed by atoms with Gasteiger partial charge in [-0.15, -0.1) is 6.58 Å². The van der Waals surface area contributed by atoms with Gasteiger partial charge in [-0.1, -0.05) is 37.6 Å². The number of rotatable bonds is 8. The van der Waals surface area contributed by atoms with Gasteiger partial charge in [-0.05, 0) is 37.9 Å². The lowest BCUT2D eigenvalue weighted by Gasteiger charge is -2.21. The van der Waals surface area contributed by atoms with Crippen LogP contribution in [0.4, 0.5) is 0 Å². The Hall–Kier alpha value is -2.00. The zero-order valence-corrected chi connectivity index (χ0v) is 14.7. The van der Waals surface area contributed by atoms with Crippen molar-refractivity contribution in [3.05, 3.63) is 60.9 Å². The van der Waals surface area contributed by atoms with Gasteiger partial charge in [0.25, 0.3) is 0 Å². The molecule has 1 atom stereocenters. The van der Waals surface area contributed by atoms with E-state index in [4.69, 9.17) is 4.74 Å². The minimum absolute atomic E-state index is 0.494. The number of unbranched alkanes of at least 4 members (excludes halogenated alkanes) is 1. The number of benzene rings is 1. The van der Waals surface area contributed by atoms with E-state index in [9.17, 15) is 0 Å². The van der Waals surface area contributed by atoms with Crippen LogP contribution in [0.2, 0.25) is 0 Å². The van der Waals surface area contributed by atoms with E-state index in [1.54, 1.807) is 0 Å². The molecule has 2 heterocycles. The van der Waals surface area contributed by atoms with Gasteiger partial charge in [-0.25, -0.2) is 0 Å². The van der Waals surface area contributed by atoms with Crippen LogP contribution >= 0.6 is 0 Å². The van der Waals surface area contributed by atoms with E-state index in [2.05, 4.69) is 65.7 Å². The maximum atomic E-state index is 6.09. The van der Waals surface area contributed by atoms with Gasteiger partial charge in [0.1, 0.15) is 5.75 Å². The highest BCUT2D eigenvalue weighted by molar-refractivity contribution is 5.40. The van der Waals surface area contributed by atoms with Crippen molar-refractivity contribution in [1.29, 1.82) is 0 Å². The van der Waals surface area contributed by atoms with Crippen molar-refractivity contribution >= 4 is 0 Å². The van der Waals surface area contributed by atoms with Crippen LogP contribution in [0.15, 0.2) is 55.4 Å². The third kappa shape index (κ3) is 3.90. The topological polar surface area (TPSA) is 17.4 Å². The summed E-state index contributed by atoms with van der Waals surface area (Å²) >= 11 is 0. The standard InChI is InChI=1S/C21H28N2O/c1-3-5-14-24-21-17-23(20-10-7-6-8-11-20)16-18(21)15-22-13-9-12-19(22)4-2/h4,6-8,10-11,16-17,19H,2-3,5,9,12-15H2,1H3. The second kappa shape index (κ2) is 8.20. The lowest BCUT2D eigenvalue weighted by atomic mass is 10.2. The van der Waals surface area contributed by atoms with Gasteiger partial charge in [0.15, 0.2) is 0 Å². The first-order valence-corrected chi connectivity index (χ1v) is 9.07. The fourth-order valence-corrected chi connectivity index (χ4v) is 3.34. The average Bonchev–Trinajstić information content (AvgIpc) is 3.23. The largest absolute Gasteiger partial charge is 0.492 e. The zero-order valence-electron chi connectivity index (χ0n) is 14.7. The molecule has 3 nitrogen and oxygen atoms in total. The Morgan fingerprint density at radius 1 is 1.25 bits per heavy atom. The summed E-state index contributed by atoms with van der Waals surface area (Å²) in [6.07, 6.45) is 11.1. The first-order chi connectivity index (χ1) is 11.8. The van der Waals surface area contributed by atoms with Crippen molar-refractivity contribution in [2.45, 2.75) is 45.2 Å². The fraction of sp³-hybridized carbons (Fsp3) is 0.429. The Balaban J connectivity index is 1.82. The smallest absolute Gasteiger partial charge is 0.141 e. The first-order valence-electron chi connectivity index (χ1n) is 9.07. The van der Waals surface area contributed by atoms with Gasteiger partial charge in [0.2, 0.25) is 0 Å². The molecule has 0 bridgehead atoms. The van der Waals surface area contributed by atoms with E-state index in [0.717, 1.165) is 38.3 Å². The van der Waals surface area contributed by atoms with Gasteiger partial charge in [0.05, 0.1) is 12.8 Å². The van der Waals surface area contributed by atoms with Crippen LogP contribution in [0.3, 0.4) is 0 Å². The predicted octanol–water partition coefficient (Wildman–Crippen LogP) is 4.81. The van der Waals surface area contributed by atoms with Crippen LogP contribution in [-0.4, -0.2) is 28.7 Å². The maximum absolute atomic E-state index is 6.09. The lowest BCUT2D eigenvalue weighted by Crippen LogP contribution is -2.27. The van der Waals surface area contributed by atoms with E-state index >= 15 is 0 Å². The SMILES string of the molecule is C=CC1CCCN1Cc1cn(-c2ccccc2)cc1OCCCC. The molecule has 128 valence electrons. The number of aromatic nitrogens is 1. The van der Waals surface area contributed by atoms with E-state index in [-0.39, 0.29) is 0 Å². The summed E-state index contributed by atoms with van der Waals surface area (Å²) < 4.78 is 8.26. The molecule has 0 spiro atoms. The van der Waals surface area contributed by atoms with E-state index in [1.807, 2.05) is 6.07 Å². The van der Waals surface area contributed by atoms with E-state index in [1.165, 1.54) is 24.1 Å². The third-order valence-corrected chi connectivity index (χ3v) is 4.74. The van der Waals surface area contributed by atoms with Crippen LogP contribution in [0.1, 0.15) is 38.2 Å². The molecule has 24 heavy (non-hydrogen) atoms. The fourth-order valence-electron chi connectivity index (χ4n) is 3.34. The molecule has 3 heteroatoms. The summed E-state index contributed by atoms with van der Waals surface area (Å²) in [5.41, 5.74) is 2.44. The summed E-state index contributed by atoms with van der Waals surface area (Å²) in [6, 6.07) is 10.9. The van der Waals surface area contributed by atoms with Crippen molar-refractivity contribution in [2.24, 2.45) is 0 Å². The lowest BCUT2D eigenvalue weighted by molar-refractivity contribution is 0.266. The second-order valence-electron chi connectivity index (χ2n) is 6.51. The minimum atomic E-state index is 0.494. The molecule has 1 unspecified atom stereocenters. The molecule has 0 saturated carbocycles. The Kier molecular flexibility index (Phi) is 5.76. The van der Waals surface area contributed by atoms with Crippen molar-refractivity contribution in [3.63, 3.8) is 0 Å². The summed E-state index contributed by atoms with van der Waals surface area (Å²) in [5.74, 6) is 1.02. The molecule has 2 aromatic rings. The number of hydrogen-bond acceptors (Lipinski definition) is 2. The predicted molar refractivity (Wildman–Crippen MR) is 99.8 cm³/mol. The highest BCUT2D eigenvalue weighted by atomic mass is 16.5. The average molecular weight is 324 g/mol.